The van der Waals surface area contributed by atoms with E-state index in [1.165, 1.54) is 5.56 Å². The van der Waals surface area contributed by atoms with Crippen molar-refractivity contribution < 1.29 is 14.7 Å². The predicted octanol–water partition coefficient (Wildman–Crippen LogP) is -0.420. The van der Waals surface area contributed by atoms with E-state index in [1.807, 2.05) is 12.1 Å². The number of amides is 2. The Hall–Kier alpha value is -4.19. The zero-order valence-electron chi connectivity index (χ0n) is 22.6. The molecular weight excluding hydrogens is 510 g/mol. The van der Waals surface area contributed by atoms with Gasteiger partial charge in [-0.25, -0.2) is 9.98 Å². The van der Waals surface area contributed by atoms with Crippen LogP contribution in [0.3, 0.4) is 0 Å². The number of pyridine rings is 1. The summed E-state index contributed by atoms with van der Waals surface area (Å²) in [4.78, 5) is 41.2. The van der Waals surface area contributed by atoms with Gasteiger partial charge in [0.1, 0.15) is 17.8 Å². The molecule has 1 aromatic carbocycles. The Bertz CT molecular complexity index is 1410. The Labute approximate surface area is 232 Å². The number of aliphatic hydroxyl groups is 1. The summed E-state index contributed by atoms with van der Waals surface area (Å²) in [6, 6.07) is 9.00. The third-order valence-electron chi connectivity index (χ3n) is 8.72. The highest BCUT2D eigenvalue weighted by Gasteiger charge is 2.65. The smallest absolute Gasteiger partial charge is 0.269 e. The van der Waals surface area contributed by atoms with E-state index >= 15 is 0 Å². The molecule has 4 aliphatic rings. The lowest BCUT2D eigenvalue weighted by Crippen LogP contribution is -2.73. The number of fused-ring (bicyclic) bond motifs is 1. The number of aliphatic hydroxyl groups excluding tert-OH is 1. The second-order valence-electron chi connectivity index (χ2n) is 11.6. The molecule has 1 spiro atoms. The number of nitrogens with zero attached hydrogens (tertiary/aromatic N) is 4. The maximum absolute atomic E-state index is 13.6. The maximum atomic E-state index is 13.6. The zero-order valence-corrected chi connectivity index (χ0v) is 22.6. The van der Waals surface area contributed by atoms with Crippen molar-refractivity contribution in [2.24, 2.45) is 21.5 Å². The summed E-state index contributed by atoms with van der Waals surface area (Å²) in [5, 5.41) is 20.7. The maximum Gasteiger partial charge on any atom is 0.269 e. The van der Waals surface area contributed by atoms with Crippen LogP contribution in [0.25, 0.3) is 0 Å². The highest BCUT2D eigenvalue weighted by atomic mass is 16.3. The van der Waals surface area contributed by atoms with E-state index in [0.29, 0.717) is 5.56 Å². The summed E-state index contributed by atoms with van der Waals surface area (Å²) in [5.41, 5.74) is 14.5. The van der Waals surface area contributed by atoms with Crippen LogP contribution in [-0.2, 0) is 11.8 Å². The van der Waals surface area contributed by atoms with Gasteiger partial charge in [-0.2, -0.15) is 0 Å². The van der Waals surface area contributed by atoms with Gasteiger partial charge in [0, 0.05) is 24.8 Å². The third kappa shape index (κ3) is 4.05. The van der Waals surface area contributed by atoms with E-state index in [0.717, 1.165) is 24.8 Å². The van der Waals surface area contributed by atoms with Gasteiger partial charge in [-0.05, 0) is 54.0 Å². The van der Waals surface area contributed by atoms with Crippen LogP contribution in [0.4, 0.5) is 0 Å². The van der Waals surface area contributed by atoms with Gasteiger partial charge in [-0.1, -0.05) is 32.0 Å². The number of hydrogen-bond acceptors (Lipinski definition) is 10. The third-order valence-corrected chi connectivity index (χ3v) is 8.72. The quantitative estimate of drug-likeness (QED) is 0.293. The monoisotopic (exact) mass is 545 g/mol. The first-order valence-corrected chi connectivity index (χ1v) is 13.6. The van der Waals surface area contributed by atoms with Gasteiger partial charge >= 0.3 is 0 Å². The molecule has 0 bridgehead atoms. The number of nitrogens with one attached hydrogen (secondary N) is 3. The fraction of sp³-hybridized carbons (Fsp3) is 0.464. The molecule has 0 saturated carbocycles. The number of guanidine groups is 2. The lowest BCUT2D eigenvalue weighted by atomic mass is 9.71. The van der Waals surface area contributed by atoms with E-state index in [2.05, 4.69) is 50.8 Å². The summed E-state index contributed by atoms with van der Waals surface area (Å²) in [5.74, 6) is -0.306. The van der Waals surface area contributed by atoms with Crippen molar-refractivity contribution in [2.75, 3.05) is 13.1 Å². The van der Waals surface area contributed by atoms with Crippen LogP contribution in [0, 0.1) is 0 Å². The molecule has 1 aromatic heterocycles. The van der Waals surface area contributed by atoms with E-state index in [4.69, 9.17) is 11.5 Å². The molecule has 1 fully saturated rings. The summed E-state index contributed by atoms with van der Waals surface area (Å²) < 4.78 is 0. The van der Waals surface area contributed by atoms with E-state index in [-0.39, 0.29) is 47.9 Å². The van der Waals surface area contributed by atoms with Crippen LogP contribution in [0.1, 0.15) is 58.7 Å². The van der Waals surface area contributed by atoms with Crippen molar-refractivity contribution in [2.45, 2.75) is 68.4 Å². The molecule has 6 rings (SSSR count). The number of carbonyl (C=O) groups is 2. The van der Waals surface area contributed by atoms with Gasteiger partial charge in [0.05, 0.1) is 12.1 Å². The average Bonchev–Trinajstić information content (AvgIpc) is 3.43. The van der Waals surface area contributed by atoms with Crippen LogP contribution in [-0.4, -0.2) is 81.7 Å². The number of nitrogens with two attached hydrogens (primary N) is 2. The molecule has 40 heavy (non-hydrogen) atoms. The molecule has 210 valence electrons. The Morgan fingerprint density at radius 1 is 1.15 bits per heavy atom. The molecule has 0 radical (unpaired) electrons. The Kier molecular flexibility index (Phi) is 6.17. The molecular formula is C28H35N9O3. The van der Waals surface area contributed by atoms with Gasteiger partial charge in [-0.15, -0.1) is 0 Å². The molecule has 2 amide bonds. The standard InChI is InChI=1S/C28H35N9O3/c1-27(2)11-6-8-15-16(7-5-9-17(15)27)23(39)33-20-14-37-26(30)34-19(13-32-24(40)18-10-3-4-12-31-18)21-28(37,22(20)38)36-25(29)35-21/h3-5,7,9-10,12,19-22,38H,6,8,11,13-14H2,1-2H3,(H2,30,34)(H,32,40)(H,33,39)(H3,29,35,36)/t19-,20?,21?,22+,28?/m0/s1. The number of hydrogen-bond donors (Lipinski definition) is 6. The summed E-state index contributed by atoms with van der Waals surface area (Å²) >= 11 is 0. The normalized spacial score (nSPS) is 29.7. The molecule has 5 atom stereocenters. The van der Waals surface area contributed by atoms with Crippen LogP contribution in [0.15, 0.2) is 52.6 Å². The van der Waals surface area contributed by atoms with Gasteiger partial charge in [-0.3, -0.25) is 14.6 Å². The van der Waals surface area contributed by atoms with Crippen LogP contribution >= 0.6 is 0 Å². The number of aliphatic imine (C=N–C) groups is 2. The lowest BCUT2D eigenvalue weighted by Gasteiger charge is -2.46. The summed E-state index contributed by atoms with van der Waals surface area (Å²) in [7, 11) is 0. The topological polar surface area (TPSA) is 183 Å². The van der Waals surface area contributed by atoms with Gasteiger partial charge in [0.25, 0.3) is 11.8 Å². The molecule has 12 heteroatoms. The zero-order chi connectivity index (χ0) is 28.2. The second-order valence-corrected chi connectivity index (χ2v) is 11.6. The van der Waals surface area contributed by atoms with E-state index in [1.54, 1.807) is 29.3 Å². The minimum absolute atomic E-state index is 0.00186. The molecule has 3 unspecified atom stereocenters. The molecule has 1 saturated heterocycles. The first-order valence-electron chi connectivity index (χ1n) is 13.6. The lowest BCUT2D eigenvalue weighted by molar-refractivity contribution is 0.0144. The van der Waals surface area contributed by atoms with Gasteiger partial charge in [0.15, 0.2) is 17.6 Å². The first-order chi connectivity index (χ1) is 19.1. The first kappa shape index (κ1) is 26.1. The minimum Gasteiger partial charge on any atom is -0.386 e. The highest BCUT2D eigenvalue weighted by molar-refractivity contribution is 5.97. The Morgan fingerprint density at radius 2 is 1.98 bits per heavy atom. The summed E-state index contributed by atoms with van der Waals surface area (Å²) in [6.07, 6.45) is 3.34. The van der Waals surface area contributed by atoms with E-state index < -0.39 is 29.9 Å². The van der Waals surface area contributed by atoms with Crippen LogP contribution < -0.4 is 27.4 Å². The minimum atomic E-state index is -1.22. The molecule has 12 nitrogen and oxygen atoms in total. The van der Waals surface area contributed by atoms with Crippen LogP contribution in [0.5, 0.6) is 0 Å². The number of carbonyl (C=O) groups excluding carboxylic acids is 2. The predicted molar refractivity (Wildman–Crippen MR) is 150 cm³/mol. The number of rotatable bonds is 5. The van der Waals surface area contributed by atoms with Crippen molar-refractivity contribution in [3.8, 4) is 0 Å². The fourth-order valence-electron chi connectivity index (χ4n) is 6.78. The van der Waals surface area contributed by atoms with Crippen molar-refractivity contribution in [1.82, 2.24) is 25.8 Å². The number of benzene rings is 1. The molecule has 4 heterocycles. The van der Waals surface area contributed by atoms with Gasteiger partial charge < -0.3 is 37.4 Å². The average molecular weight is 546 g/mol. The number of aromatic nitrogens is 1. The van der Waals surface area contributed by atoms with Crippen molar-refractivity contribution in [3.63, 3.8) is 0 Å². The SMILES string of the molecule is CC1(C)CCCc2c(C(=O)NC3CN4C(N)=N[C@@H](CNC(=O)c5ccccn5)C5N=C(N)NC54[C@@H]3O)cccc21. The Balaban J connectivity index is 1.23. The van der Waals surface area contributed by atoms with Crippen molar-refractivity contribution in [1.29, 1.82) is 0 Å². The van der Waals surface area contributed by atoms with Crippen molar-refractivity contribution >= 4 is 23.7 Å². The largest absolute Gasteiger partial charge is 0.386 e. The fourth-order valence-corrected chi connectivity index (χ4v) is 6.78. The highest BCUT2D eigenvalue weighted by Crippen LogP contribution is 2.41. The second kappa shape index (κ2) is 9.47. The van der Waals surface area contributed by atoms with Crippen molar-refractivity contribution in [3.05, 3.63) is 65.0 Å². The molecule has 8 N–H and O–H groups in total. The molecule has 3 aliphatic heterocycles. The van der Waals surface area contributed by atoms with E-state index in [9.17, 15) is 14.7 Å². The Morgan fingerprint density at radius 3 is 2.75 bits per heavy atom. The molecule has 1 aliphatic carbocycles. The van der Waals surface area contributed by atoms with Gasteiger partial charge in [0.2, 0.25) is 0 Å². The van der Waals surface area contributed by atoms with Crippen LogP contribution in [0.2, 0.25) is 0 Å². The summed E-state index contributed by atoms with van der Waals surface area (Å²) in [6.45, 7) is 4.73. The molecule has 2 aromatic rings.